The molecule has 0 aliphatic carbocycles. The van der Waals surface area contributed by atoms with Gasteiger partial charge in [0.15, 0.2) is 5.96 Å². The zero-order chi connectivity index (χ0) is 18.5. The van der Waals surface area contributed by atoms with Crippen molar-refractivity contribution in [3.63, 3.8) is 0 Å². The van der Waals surface area contributed by atoms with E-state index in [4.69, 9.17) is 10.5 Å². The summed E-state index contributed by atoms with van der Waals surface area (Å²) in [6, 6.07) is 8.65. The van der Waals surface area contributed by atoms with Gasteiger partial charge in [-0.3, -0.25) is 4.90 Å². The largest absolute Gasteiger partial charge is 0.379 e. The van der Waals surface area contributed by atoms with Crippen LogP contribution in [0.15, 0.2) is 29.3 Å². The minimum Gasteiger partial charge on any atom is -0.379 e. The normalized spacial score (nSPS) is 16.0. The molecule has 1 fully saturated rings. The van der Waals surface area contributed by atoms with Crippen molar-refractivity contribution in [1.29, 1.82) is 0 Å². The van der Waals surface area contributed by atoms with E-state index in [1.807, 2.05) is 0 Å². The van der Waals surface area contributed by atoms with Crippen LogP contribution in [0, 0.1) is 0 Å². The lowest BCUT2D eigenvalue weighted by Crippen LogP contribution is -2.35. The summed E-state index contributed by atoms with van der Waals surface area (Å²) in [5, 5.41) is 3.23. The van der Waals surface area contributed by atoms with Gasteiger partial charge >= 0.3 is 0 Å². The summed E-state index contributed by atoms with van der Waals surface area (Å²) in [5.41, 5.74) is 8.53. The molecule has 26 heavy (non-hydrogen) atoms. The van der Waals surface area contributed by atoms with Crippen LogP contribution in [0.25, 0.3) is 0 Å². The first-order valence-corrected chi connectivity index (χ1v) is 10.2. The van der Waals surface area contributed by atoms with Gasteiger partial charge < -0.3 is 15.8 Å². The molecular weight excluding hydrogens is 324 g/mol. The highest BCUT2D eigenvalue weighted by atomic mass is 16.5. The molecule has 0 spiro atoms. The fourth-order valence-electron chi connectivity index (χ4n) is 3.20. The molecule has 0 bridgehead atoms. The van der Waals surface area contributed by atoms with Crippen molar-refractivity contribution in [2.45, 2.75) is 58.5 Å². The van der Waals surface area contributed by atoms with Crippen LogP contribution in [-0.2, 0) is 17.8 Å². The Morgan fingerprint density at radius 3 is 2.65 bits per heavy atom. The second-order valence-electron chi connectivity index (χ2n) is 7.10. The predicted molar refractivity (Wildman–Crippen MR) is 109 cm³/mol. The molecule has 0 saturated carbocycles. The van der Waals surface area contributed by atoms with Crippen molar-refractivity contribution in [1.82, 2.24) is 10.2 Å². The Morgan fingerprint density at radius 1 is 1.12 bits per heavy atom. The predicted octanol–water partition coefficient (Wildman–Crippen LogP) is 3.28. The fraction of sp³-hybridized carbons (Fsp3) is 0.667. The molecule has 146 valence electrons. The number of nitrogens with one attached hydrogen (secondary N) is 1. The minimum absolute atomic E-state index is 0.553. The number of morpholine rings is 1. The maximum atomic E-state index is 5.99. The van der Waals surface area contributed by atoms with E-state index in [1.54, 1.807) is 0 Å². The molecule has 0 atom stereocenters. The summed E-state index contributed by atoms with van der Waals surface area (Å²) in [5.74, 6) is 0.553. The van der Waals surface area contributed by atoms with E-state index in [9.17, 15) is 0 Å². The maximum absolute atomic E-state index is 5.99. The van der Waals surface area contributed by atoms with Crippen molar-refractivity contribution in [2.24, 2.45) is 10.7 Å². The summed E-state index contributed by atoms with van der Waals surface area (Å²) in [7, 11) is 0. The van der Waals surface area contributed by atoms with E-state index < -0.39 is 0 Å². The number of hydrogen-bond donors (Lipinski definition) is 2. The molecule has 1 aromatic rings. The van der Waals surface area contributed by atoms with E-state index >= 15 is 0 Å². The number of unbranched alkanes of at least 4 members (excludes halogenated alkanes) is 5. The monoisotopic (exact) mass is 360 g/mol. The lowest BCUT2D eigenvalue weighted by atomic mass is 10.1. The average molecular weight is 361 g/mol. The van der Waals surface area contributed by atoms with Gasteiger partial charge in [0.05, 0.1) is 19.8 Å². The Kier molecular flexibility index (Phi) is 10.1. The van der Waals surface area contributed by atoms with Crippen LogP contribution >= 0.6 is 0 Å². The van der Waals surface area contributed by atoms with Crippen LogP contribution in [0.2, 0.25) is 0 Å². The standard InChI is InChI=1S/C21H36N4O/c1-2-3-4-5-6-7-11-23-21(22)24-17-19-9-8-10-20(16-19)18-25-12-14-26-15-13-25/h8-10,16H,2-7,11-15,17-18H2,1H3,(H3,22,23,24). The van der Waals surface area contributed by atoms with Crippen molar-refractivity contribution in [2.75, 3.05) is 32.8 Å². The number of rotatable bonds is 11. The third-order valence-corrected chi connectivity index (χ3v) is 4.77. The van der Waals surface area contributed by atoms with Gasteiger partial charge in [0.25, 0.3) is 0 Å². The Morgan fingerprint density at radius 2 is 1.85 bits per heavy atom. The van der Waals surface area contributed by atoms with Crippen LogP contribution < -0.4 is 11.1 Å². The number of guanidine groups is 1. The van der Waals surface area contributed by atoms with Crippen LogP contribution in [0.5, 0.6) is 0 Å². The highest BCUT2D eigenvalue weighted by Gasteiger charge is 2.10. The van der Waals surface area contributed by atoms with Crippen molar-refractivity contribution < 1.29 is 4.74 Å². The lowest BCUT2D eigenvalue weighted by Gasteiger charge is -2.26. The van der Waals surface area contributed by atoms with E-state index in [-0.39, 0.29) is 0 Å². The Hall–Kier alpha value is -1.59. The number of benzene rings is 1. The van der Waals surface area contributed by atoms with Gasteiger partial charge in [0.1, 0.15) is 0 Å². The molecule has 0 unspecified atom stereocenters. The third kappa shape index (κ3) is 8.68. The molecule has 2 rings (SSSR count). The molecule has 1 aromatic carbocycles. The first kappa shape index (κ1) is 20.7. The van der Waals surface area contributed by atoms with E-state index in [1.165, 1.54) is 43.2 Å². The Balaban J connectivity index is 1.67. The fourth-order valence-corrected chi connectivity index (χ4v) is 3.20. The number of nitrogens with zero attached hydrogens (tertiary/aromatic N) is 2. The van der Waals surface area contributed by atoms with Gasteiger partial charge in [-0.2, -0.15) is 0 Å². The molecule has 3 N–H and O–H groups in total. The number of nitrogens with two attached hydrogens (primary N) is 1. The van der Waals surface area contributed by atoms with Crippen LogP contribution in [0.4, 0.5) is 0 Å². The quantitative estimate of drug-likeness (QED) is 0.361. The summed E-state index contributed by atoms with van der Waals surface area (Å²) in [4.78, 5) is 6.91. The summed E-state index contributed by atoms with van der Waals surface area (Å²) in [6.45, 7) is 8.47. The molecule has 5 heteroatoms. The molecule has 5 nitrogen and oxygen atoms in total. The molecule has 1 aliphatic rings. The van der Waals surface area contributed by atoms with E-state index in [0.29, 0.717) is 12.5 Å². The molecule has 1 heterocycles. The molecule has 0 radical (unpaired) electrons. The van der Waals surface area contributed by atoms with Gasteiger partial charge in [-0.05, 0) is 17.5 Å². The van der Waals surface area contributed by atoms with Crippen LogP contribution in [0.1, 0.15) is 56.6 Å². The van der Waals surface area contributed by atoms with Crippen LogP contribution in [0.3, 0.4) is 0 Å². The zero-order valence-corrected chi connectivity index (χ0v) is 16.4. The zero-order valence-electron chi connectivity index (χ0n) is 16.4. The second kappa shape index (κ2) is 12.7. The Bertz CT molecular complexity index is 526. The third-order valence-electron chi connectivity index (χ3n) is 4.77. The number of aliphatic imine (C=N–C) groups is 1. The first-order valence-electron chi connectivity index (χ1n) is 10.2. The maximum Gasteiger partial charge on any atom is 0.188 e. The lowest BCUT2D eigenvalue weighted by molar-refractivity contribution is 0.0342. The van der Waals surface area contributed by atoms with Gasteiger partial charge in [-0.25, -0.2) is 4.99 Å². The molecule has 0 amide bonds. The molecular formula is C21H36N4O. The first-order chi connectivity index (χ1) is 12.8. The second-order valence-corrected chi connectivity index (χ2v) is 7.10. The highest BCUT2D eigenvalue weighted by molar-refractivity contribution is 5.77. The van der Waals surface area contributed by atoms with Gasteiger partial charge in [0, 0.05) is 26.2 Å². The smallest absolute Gasteiger partial charge is 0.188 e. The number of hydrogen-bond acceptors (Lipinski definition) is 3. The SMILES string of the molecule is CCCCCCCCNC(N)=NCc1cccc(CN2CCOCC2)c1. The van der Waals surface area contributed by atoms with Crippen molar-refractivity contribution in [3.8, 4) is 0 Å². The van der Waals surface area contributed by atoms with Gasteiger partial charge in [-0.15, -0.1) is 0 Å². The summed E-state index contributed by atoms with van der Waals surface area (Å²) < 4.78 is 5.41. The molecule has 1 saturated heterocycles. The number of ether oxygens (including phenoxy) is 1. The topological polar surface area (TPSA) is 62.9 Å². The van der Waals surface area contributed by atoms with E-state index in [0.717, 1.165) is 45.8 Å². The van der Waals surface area contributed by atoms with Gasteiger partial charge in [0.2, 0.25) is 0 Å². The van der Waals surface area contributed by atoms with Crippen molar-refractivity contribution >= 4 is 5.96 Å². The van der Waals surface area contributed by atoms with Crippen LogP contribution in [-0.4, -0.2) is 43.7 Å². The minimum atomic E-state index is 0.553. The van der Waals surface area contributed by atoms with E-state index in [2.05, 4.69) is 46.4 Å². The average Bonchev–Trinajstić information content (AvgIpc) is 2.67. The van der Waals surface area contributed by atoms with Crippen molar-refractivity contribution in [3.05, 3.63) is 35.4 Å². The summed E-state index contributed by atoms with van der Waals surface area (Å²) >= 11 is 0. The highest BCUT2D eigenvalue weighted by Crippen LogP contribution is 2.11. The summed E-state index contributed by atoms with van der Waals surface area (Å²) in [6.07, 6.45) is 7.75. The van der Waals surface area contributed by atoms with Gasteiger partial charge in [-0.1, -0.05) is 63.3 Å². The molecule has 1 aliphatic heterocycles. The molecule has 0 aromatic heterocycles. The Labute approximate surface area is 159 Å².